The molecule has 5 nitrogen and oxygen atoms in total. The Bertz CT molecular complexity index is 823. The van der Waals surface area contributed by atoms with Crippen LogP contribution in [0.2, 0.25) is 0 Å². The summed E-state index contributed by atoms with van der Waals surface area (Å²) in [6, 6.07) is 13.9. The predicted octanol–water partition coefficient (Wildman–Crippen LogP) is 3.00. The Labute approximate surface area is 134 Å². The lowest BCUT2D eigenvalue weighted by molar-refractivity contribution is 0.0900. The first kappa shape index (κ1) is 13.9. The summed E-state index contributed by atoms with van der Waals surface area (Å²) in [6.07, 6.45) is 6.96. The molecule has 0 saturated heterocycles. The third kappa shape index (κ3) is 2.70. The van der Waals surface area contributed by atoms with Crippen molar-refractivity contribution in [1.82, 2.24) is 19.9 Å². The van der Waals surface area contributed by atoms with E-state index in [0.717, 1.165) is 5.65 Å². The Morgan fingerprint density at radius 3 is 2.74 bits per heavy atom. The number of rotatable bonds is 4. The normalized spacial score (nSPS) is 16.0. The van der Waals surface area contributed by atoms with E-state index in [1.54, 1.807) is 23.0 Å². The van der Waals surface area contributed by atoms with Crippen molar-refractivity contribution in [3.05, 3.63) is 66.1 Å². The Kier molecular flexibility index (Phi) is 3.54. The van der Waals surface area contributed by atoms with E-state index in [2.05, 4.69) is 27.6 Å². The van der Waals surface area contributed by atoms with Gasteiger partial charge in [0.15, 0.2) is 5.65 Å². The summed E-state index contributed by atoms with van der Waals surface area (Å²) in [5.74, 6) is 0.473. The molecule has 1 N–H and O–H groups in total. The van der Waals surface area contributed by atoms with Crippen molar-refractivity contribution >= 4 is 11.6 Å². The number of nitrogens with zero attached hydrogens (tertiary/aromatic N) is 3. The van der Waals surface area contributed by atoms with Crippen LogP contribution >= 0.6 is 0 Å². The van der Waals surface area contributed by atoms with Gasteiger partial charge in [0.1, 0.15) is 6.33 Å². The molecular weight excluding hydrogens is 288 g/mol. The van der Waals surface area contributed by atoms with Crippen LogP contribution in [-0.2, 0) is 0 Å². The average molecular weight is 306 g/mol. The molecule has 1 aliphatic rings. The summed E-state index contributed by atoms with van der Waals surface area (Å²) < 4.78 is 1.76. The van der Waals surface area contributed by atoms with Gasteiger partial charge < -0.3 is 5.32 Å². The van der Waals surface area contributed by atoms with Gasteiger partial charge in [0.2, 0.25) is 0 Å². The molecule has 1 atom stereocenters. The number of aromatic nitrogens is 3. The van der Waals surface area contributed by atoms with Gasteiger partial charge in [-0.1, -0.05) is 36.8 Å². The number of hydrogen-bond acceptors (Lipinski definition) is 3. The molecule has 0 radical (unpaired) electrons. The zero-order valence-corrected chi connectivity index (χ0v) is 12.7. The van der Waals surface area contributed by atoms with Gasteiger partial charge in [-0.15, -0.1) is 10.2 Å². The van der Waals surface area contributed by atoms with Gasteiger partial charge in [-0.3, -0.25) is 9.20 Å². The van der Waals surface area contributed by atoms with Crippen LogP contribution in [0.3, 0.4) is 0 Å². The Hall–Kier alpha value is -2.69. The summed E-state index contributed by atoms with van der Waals surface area (Å²) in [7, 11) is 0. The second-order valence-electron chi connectivity index (χ2n) is 6.07. The molecule has 0 spiro atoms. The van der Waals surface area contributed by atoms with Crippen LogP contribution in [0, 0.1) is 5.92 Å². The first-order chi connectivity index (χ1) is 11.3. The van der Waals surface area contributed by atoms with E-state index in [9.17, 15) is 4.79 Å². The minimum atomic E-state index is -0.0543. The highest BCUT2D eigenvalue weighted by Crippen LogP contribution is 2.37. The van der Waals surface area contributed by atoms with Crippen LogP contribution in [0.25, 0.3) is 5.65 Å². The van der Waals surface area contributed by atoms with E-state index in [4.69, 9.17) is 0 Å². The summed E-state index contributed by atoms with van der Waals surface area (Å²) in [5.41, 5.74) is 2.54. The maximum absolute atomic E-state index is 12.7. The number of hydrogen-bond donors (Lipinski definition) is 1. The van der Waals surface area contributed by atoms with Gasteiger partial charge in [0.05, 0.1) is 11.6 Å². The van der Waals surface area contributed by atoms with Crippen molar-refractivity contribution in [3.8, 4) is 0 Å². The van der Waals surface area contributed by atoms with Crippen LogP contribution < -0.4 is 5.32 Å². The van der Waals surface area contributed by atoms with Gasteiger partial charge in [-0.05, 0) is 36.5 Å². The molecule has 1 saturated carbocycles. The molecule has 1 aliphatic carbocycles. The van der Waals surface area contributed by atoms with Gasteiger partial charge in [-0.2, -0.15) is 0 Å². The molecule has 23 heavy (non-hydrogen) atoms. The van der Waals surface area contributed by atoms with Gasteiger partial charge in [-0.25, -0.2) is 0 Å². The third-order valence-corrected chi connectivity index (χ3v) is 4.62. The van der Waals surface area contributed by atoms with Crippen LogP contribution in [-0.4, -0.2) is 20.5 Å². The topological polar surface area (TPSA) is 59.3 Å². The van der Waals surface area contributed by atoms with Crippen molar-refractivity contribution in [1.29, 1.82) is 0 Å². The molecule has 3 aromatic rings. The standard InChI is InChI=1S/C18H18N4O/c23-18(15-9-10-16-21-19-12-22(16)11-15)20-17(14-7-4-8-14)13-5-2-1-3-6-13/h1-3,5-6,9-12,14,17H,4,7-8H2,(H,20,23). The number of pyridine rings is 1. The summed E-state index contributed by atoms with van der Waals surface area (Å²) in [4.78, 5) is 12.7. The molecule has 1 unspecified atom stereocenters. The molecule has 2 heterocycles. The van der Waals surface area contributed by atoms with E-state index in [1.807, 2.05) is 24.3 Å². The van der Waals surface area contributed by atoms with Gasteiger partial charge >= 0.3 is 0 Å². The maximum Gasteiger partial charge on any atom is 0.253 e. The van der Waals surface area contributed by atoms with E-state index >= 15 is 0 Å². The summed E-state index contributed by atoms with van der Waals surface area (Å²) in [6.45, 7) is 0. The molecular formula is C18H18N4O. The summed E-state index contributed by atoms with van der Waals surface area (Å²) >= 11 is 0. The molecule has 2 aromatic heterocycles. The van der Waals surface area contributed by atoms with Crippen molar-refractivity contribution in [2.45, 2.75) is 25.3 Å². The van der Waals surface area contributed by atoms with Crippen LogP contribution in [0.4, 0.5) is 0 Å². The predicted molar refractivity (Wildman–Crippen MR) is 87.0 cm³/mol. The minimum Gasteiger partial charge on any atom is -0.345 e. The molecule has 0 bridgehead atoms. The van der Waals surface area contributed by atoms with Crippen LogP contribution in [0.5, 0.6) is 0 Å². The van der Waals surface area contributed by atoms with Crippen LogP contribution in [0.15, 0.2) is 55.0 Å². The lowest BCUT2D eigenvalue weighted by Crippen LogP contribution is -2.36. The van der Waals surface area contributed by atoms with Crippen molar-refractivity contribution < 1.29 is 4.79 Å². The van der Waals surface area contributed by atoms with Gasteiger partial charge in [0, 0.05) is 6.20 Å². The van der Waals surface area contributed by atoms with E-state index in [0.29, 0.717) is 11.5 Å². The zero-order chi connectivity index (χ0) is 15.6. The van der Waals surface area contributed by atoms with Crippen molar-refractivity contribution in [2.24, 2.45) is 5.92 Å². The highest BCUT2D eigenvalue weighted by molar-refractivity contribution is 5.94. The zero-order valence-electron chi connectivity index (χ0n) is 12.7. The Morgan fingerprint density at radius 1 is 1.17 bits per heavy atom. The first-order valence-corrected chi connectivity index (χ1v) is 7.96. The molecule has 116 valence electrons. The molecule has 1 fully saturated rings. The van der Waals surface area contributed by atoms with E-state index < -0.39 is 0 Å². The van der Waals surface area contributed by atoms with Crippen molar-refractivity contribution in [3.63, 3.8) is 0 Å². The minimum absolute atomic E-state index is 0.0543. The quantitative estimate of drug-likeness (QED) is 0.806. The highest BCUT2D eigenvalue weighted by atomic mass is 16.1. The number of fused-ring (bicyclic) bond motifs is 1. The second-order valence-corrected chi connectivity index (χ2v) is 6.07. The SMILES string of the molecule is O=C(NC(c1ccccc1)C1CCC1)c1ccc2nncn2c1. The summed E-state index contributed by atoms with van der Waals surface area (Å²) in [5, 5.41) is 11.0. The Morgan fingerprint density at radius 2 is 2.00 bits per heavy atom. The number of nitrogens with one attached hydrogen (secondary N) is 1. The number of benzene rings is 1. The largest absolute Gasteiger partial charge is 0.345 e. The fourth-order valence-electron chi connectivity index (χ4n) is 3.09. The lowest BCUT2D eigenvalue weighted by atomic mass is 9.77. The highest BCUT2D eigenvalue weighted by Gasteiger charge is 2.29. The van der Waals surface area contributed by atoms with E-state index in [1.165, 1.54) is 24.8 Å². The third-order valence-electron chi connectivity index (χ3n) is 4.62. The van der Waals surface area contributed by atoms with Crippen LogP contribution in [0.1, 0.15) is 41.2 Å². The molecule has 4 rings (SSSR count). The number of carbonyl (C=O) groups excluding carboxylic acids is 1. The number of amides is 1. The Balaban J connectivity index is 1.59. The fourth-order valence-corrected chi connectivity index (χ4v) is 3.09. The van der Waals surface area contributed by atoms with Gasteiger partial charge in [0.25, 0.3) is 5.91 Å². The fraction of sp³-hybridized carbons (Fsp3) is 0.278. The smallest absolute Gasteiger partial charge is 0.253 e. The first-order valence-electron chi connectivity index (χ1n) is 7.96. The molecule has 0 aliphatic heterocycles. The second kappa shape index (κ2) is 5.83. The van der Waals surface area contributed by atoms with E-state index in [-0.39, 0.29) is 11.9 Å². The average Bonchev–Trinajstić information content (AvgIpc) is 3.01. The molecule has 1 aromatic carbocycles. The monoisotopic (exact) mass is 306 g/mol. The maximum atomic E-state index is 12.7. The molecule has 1 amide bonds. The van der Waals surface area contributed by atoms with Crippen molar-refractivity contribution in [2.75, 3.05) is 0 Å². The lowest BCUT2D eigenvalue weighted by Gasteiger charge is -2.34. The molecule has 5 heteroatoms. The number of carbonyl (C=O) groups is 1.